The quantitative estimate of drug-likeness (QED) is 0.767. The second-order valence-corrected chi connectivity index (χ2v) is 8.91. The number of nitrogens with one attached hydrogen (secondary N) is 1. The predicted molar refractivity (Wildman–Crippen MR) is 117 cm³/mol. The summed E-state index contributed by atoms with van der Waals surface area (Å²) < 4.78 is 7.35. The first-order chi connectivity index (χ1) is 15.2. The molecule has 0 aliphatic carbocycles. The number of hydrogen-bond acceptors (Lipinski definition) is 5. The number of anilines is 1. The number of aliphatic hydroxyl groups is 1. The van der Waals surface area contributed by atoms with E-state index >= 15 is 0 Å². The van der Waals surface area contributed by atoms with Crippen molar-refractivity contribution in [3.05, 3.63) is 64.6 Å². The maximum Gasteiger partial charge on any atom is 0.250 e. The molecular formula is C24H29N3O4. The molecule has 31 heavy (non-hydrogen) atoms. The molecule has 3 aliphatic rings. The van der Waals surface area contributed by atoms with Crippen LogP contribution in [0.5, 0.6) is 0 Å². The van der Waals surface area contributed by atoms with E-state index in [0.29, 0.717) is 12.5 Å². The van der Waals surface area contributed by atoms with Gasteiger partial charge in [-0.2, -0.15) is 0 Å². The van der Waals surface area contributed by atoms with Gasteiger partial charge in [-0.05, 0) is 37.0 Å². The molecule has 7 heteroatoms. The largest absolute Gasteiger partial charge is 0.396 e. The molecule has 164 valence electrons. The number of benzene rings is 1. The molecule has 0 bridgehead atoms. The third-order valence-electron chi connectivity index (χ3n) is 7.19. The molecule has 0 radical (unpaired) electrons. The lowest BCUT2D eigenvalue weighted by Crippen LogP contribution is -2.47. The number of aromatic nitrogens is 1. The van der Waals surface area contributed by atoms with Gasteiger partial charge in [-0.3, -0.25) is 14.5 Å². The van der Waals surface area contributed by atoms with Crippen molar-refractivity contribution in [1.29, 1.82) is 0 Å². The van der Waals surface area contributed by atoms with E-state index in [1.54, 1.807) is 12.1 Å². The first-order valence-electron chi connectivity index (χ1n) is 11.2. The Balaban J connectivity index is 1.50. The SMILES string of the molecule is O=C(Nc1ccccc1)[C@H]1[C@H](CO)[C@H]2Cn3c(cccc3=O)[C@H]2N1CC1CCOCC1. The van der Waals surface area contributed by atoms with Crippen molar-refractivity contribution in [1.82, 2.24) is 9.47 Å². The van der Waals surface area contributed by atoms with Crippen LogP contribution in [0.2, 0.25) is 0 Å². The third kappa shape index (κ3) is 3.71. The zero-order chi connectivity index (χ0) is 21.4. The summed E-state index contributed by atoms with van der Waals surface area (Å²) in [5, 5.41) is 13.4. The van der Waals surface area contributed by atoms with E-state index in [9.17, 15) is 14.7 Å². The fourth-order valence-electron chi connectivity index (χ4n) is 5.73. The number of para-hydroxylation sites is 1. The maximum absolute atomic E-state index is 13.5. The number of fused-ring (bicyclic) bond motifs is 3. The van der Waals surface area contributed by atoms with Crippen LogP contribution in [-0.4, -0.2) is 52.9 Å². The number of carbonyl (C=O) groups is 1. The van der Waals surface area contributed by atoms with Crippen LogP contribution in [0.3, 0.4) is 0 Å². The number of pyridine rings is 1. The van der Waals surface area contributed by atoms with Crippen LogP contribution in [0, 0.1) is 17.8 Å². The van der Waals surface area contributed by atoms with Gasteiger partial charge in [0.1, 0.15) is 0 Å². The van der Waals surface area contributed by atoms with Crippen molar-refractivity contribution in [3.8, 4) is 0 Å². The van der Waals surface area contributed by atoms with E-state index in [1.807, 2.05) is 41.0 Å². The summed E-state index contributed by atoms with van der Waals surface area (Å²) in [5.41, 5.74) is 1.70. The first kappa shape index (κ1) is 20.4. The molecule has 2 saturated heterocycles. The molecule has 1 aromatic carbocycles. The Hall–Kier alpha value is -2.48. The highest BCUT2D eigenvalue weighted by molar-refractivity contribution is 5.95. The predicted octanol–water partition coefficient (Wildman–Crippen LogP) is 1.88. The van der Waals surface area contributed by atoms with E-state index in [-0.39, 0.29) is 36.0 Å². The van der Waals surface area contributed by atoms with E-state index in [0.717, 1.165) is 44.0 Å². The molecule has 0 unspecified atom stereocenters. The van der Waals surface area contributed by atoms with Crippen molar-refractivity contribution >= 4 is 11.6 Å². The van der Waals surface area contributed by atoms with Crippen molar-refractivity contribution in [2.75, 3.05) is 31.7 Å². The van der Waals surface area contributed by atoms with Crippen molar-refractivity contribution < 1.29 is 14.6 Å². The minimum atomic E-state index is -0.438. The molecular weight excluding hydrogens is 394 g/mol. The number of nitrogens with zero attached hydrogens (tertiary/aromatic N) is 2. The average Bonchev–Trinajstić information content (AvgIpc) is 3.31. The van der Waals surface area contributed by atoms with Crippen LogP contribution >= 0.6 is 0 Å². The van der Waals surface area contributed by atoms with Crippen molar-refractivity contribution in [3.63, 3.8) is 0 Å². The summed E-state index contributed by atoms with van der Waals surface area (Å²) in [5.74, 6) is 0.152. The summed E-state index contributed by atoms with van der Waals surface area (Å²) in [6.07, 6.45) is 1.93. The highest BCUT2D eigenvalue weighted by atomic mass is 16.5. The molecule has 4 heterocycles. The molecule has 1 amide bonds. The molecule has 7 nitrogen and oxygen atoms in total. The van der Waals surface area contributed by atoms with Crippen LogP contribution in [0.15, 0.2) is 53.3 Å². The van der Waals surface area contributed by atoms with Gasteiger partial charge in [0.05, 0.1) is 12.1 Å². The van der Waals surface area contributed by atoms with Crippen molar-refractivity contribution in [2.24, 2.45) is 17.8 Å². The number of ether oxygens (including phenoxy) is 1. The van der Waals surface area contributed by atoms with Crippen LogP contribution in [0.25, 0.3) is 0 Å². The minimum absolute atomic E-state index is 0.0140. The van der Waals surface area contributed by atoms with E-state index in [4.69, 9.17) is 4.74 Å². The summed E-state index contributed by atoms with van der Waals surface area (Å²) in [6.45, 7) is 2.71. The molecule has 3 aliphatic heterocycles. The molecule has 0 saturated carbocycles. The zero-order valence-corrected chi connectivity index (χ0v) is 17.5. The van der Waals surface area contributed by atoms with Gasteiger partial charge in [0, 0.05) is 62.2 Å². The highest BCUT2D eigenvalue weighted by Crippen LogP contribution is 2.49. The number of likely N-dealkylation sites (tertiary alicyclic amines) is 1. The van der Waals surface area contributed by atoms with Gasteiger partial charge in [0.2, 0.25) is 5.91 Å². The van der Waals surface area contributed by atoms with E-state index in [1.165, 1.54) is 0 Å². The summed E-state index contributed by atoms with van der Waals surface area (Å²) in [7, 11) is 0. The Bertz CT molecular complexity index is 986. The summed E-state index contributed by atoms with van der Waals surface area (Å²) in [4.78, 5) is 28.2. The van der Waals surface area contributed by atoms with Gasteiger partial charge in [-0.25, -0.2) is 0 Å². The highest BCUT2D eigenvalue weighted by Gasteiger charge is 2.55. The van der Waals surface area contributed by atoms with Crippen molar-refractivity contribution in [2.45, 2.75) is 31.5 Å². The van der Waals surface area contributed by atoms with Crippen LogP contribution < -0.4 is 10.9 Å². The number of aliphatic hydroxyl groups excluding tert-OH is 1. The molecule has 2 N–H and O–H groups in total. The Kier molecular flexibility index (Phi) is 5.65. The Morgan fingerprint density at radius 3 is 2.61 bits per heavy atom. The van der Waals surface area contributed by atoms with Gasteiger partial charge < -0.3 is 19.7 Å². The normalized spacial score (nSPS) is 28.3. The van der Waals surface area contributed by atoms with Gasteiger partial charge in [0.25, 0.3) is 5.56 Å². The average molecular weight is 424 g/mol. The van der Waals surface area contributed by atoms with Gasteiger partial charge >= 0.3 is 0 Å². The van der Waals surface area contributed by atoms with Crippen LogP contribution in [0.4, 0.5) is 5.69 Å². The number of rotatable bonds is 5. The lowest BCUT2D eigenvalue weighted by atomic mass is 9.88. The molecule has 2 aromatic rings. The van der Waals surface area contributed by atoms with Crippen LogP contribution in [0.1, 0.15) is 24.6 Å². The smallest absolute Gasteiger partial charge is 0.250 e. The van der Waals surface area contributed by atoms with Gasteiger partial charge in [0.15, 0.2) is 0 Å². The summed E-state index contributed by atoms with van der Waals surface area (Å²) in [6, 6.07) is 14.4. The molecule has 2 fully saturated rings. The fourth-order valence-corrected chi connectivity index (χ4v) is 5.73. The number of carbonyl (C=O) groups excluding carboxylic acids is 1. The Labute approximate surface area is 181 Å². The van der Waals surface area contributed by atoms with E-state index < -0.39 is 6.04 Å². The fraction of sp³-hybridized carbons (Fsp3) is 0.500. The molecule has 1 aromatic heterocycles. The van der Waals surface area contributed by atoms with E-state index in [2.05, 4.69) is 10.2 Å². The second-order valence-electron chi connectivity index (χ2n) is 8.91. The first-order valence-corrected chi connectivity index (χ1v) is 11.2. The Morgan fingerprint density at radius 2 is 1.87 bits per heavy atom. The number of hydrogen-bond donors (Lipinski definition) is 2. The maximum atomic E-state index is 13.5. The van der Waals surface area contributed by atoms with Gasteiger partial charge in [-0.15, -0.1) is 0 Å². The molecule has 5 rings (SSSR count). The monoisotopic (exact) mass is 423 g/mol. The van der Waals surface area contributed by atoms with Gasteiger partial charge in [-0.1, -0.05) is 24.3 Å². The lowest BCUT2D eigenvalue weighted by Gasteiger charge is -2.35. The molecule has 4 atom stereocenters. The molecule has 0 spiro atoms. The standard InChI is InChI=1S/C24H29N3O4/c28-15-19-18-14-26-20(7-4-8-21(26)29)22(18)27(13-16-9-11-31-12-10-16)23(19)24(30)25-17-5-2-1-3-6-17/h1-8,16,18-19,22-23,28H,9-15H2,(H,25,30)/t18-,19-,22+,23-/m1/s1. The Morgan fingerprint density at radius 1 is 1.10 bits per heavy atom. The van der Waals surface area contributed by atoms with Crippen LogP contribution in [-0.2, 0) is 16.1 Å². The minimum Gasteiger partial charge on any atom is -0.396 e. The second kappa shape index (κ2) is 8.57. The lowest BCUT2D eigenvalue weighted by molar-refractivity contribution is -0.123. The summed E-state index contributed by atoms with van der Waals surface area (Å²) >= 11 is 0. The third-order valence-corrected chi connectivity index (χ3v) is 7.19. The zero-order valence-electron chi connectivity index (χ0n) is 17.5. The number of amides is 1. The topological polar surface area (TPSA) is 83.8 Å².